The molecule has 1 aromatic heterocycles. The average molecular weight is 264 g/mol. The molecule has 0 aliphatic carbocycles. The van der Waals surface area contributed by atoms with Crippen LogP contribution < -0.4 is 0 Å². The van der Waals surface area contributed by atoms with Crippen molar-refractivity contribution in [2.75, 3.05) is 20.2 Å². The average Bonchev–Trinajstić information content (AvgIpc) is 2.71. The van der Waals surface area contributed by atoms with Crippen LogP contribution in [0.25, 0.3) is 0 Å². The van der Waals surface area contributed by atoms with Crippen molar-refractivity contribution in [3.63, 3.8) is 0 Å². The fraction of sp³-hybridized carbons (Fsp3) is 0.615. The lowest BCUT2D eigenvalue weighted by atomic mass is 10.2. The second kappa shape index (κ2) is 6.90. The Labute approximate surface area is 113 Å². The molecule has 0 amide bonds. The van der Waals surface area contributed by atoms with Crippen LogP contribution >= 0.6 is 0 Å². The van der Waals surface area contributed by atoms with Crippen LogP contribution in [0.3, 0.4) is 0 Å². The molecule has 1 unspecified atom stereocenters. The number of aromatic nitrogens is 2. The number of aryl methyl sites for hydroxylation is 1. The molecule has 0 fully saturated rings. The molecule has 104 valence electrons. The first-order chi connectivity index (χ1) is 8.99. The molecule has 6 nitrogen and oxygen atoms in total. The Morgan fingerprint density at radius 3 is 2.95 bits per heavy atom. The number of hydrogen-bond acceptors (Lipinski definition) is 5. The number of nitrogens with zero attached hydrogens (tertiary/aromatic N) is 4. The first-order valence-corrected chi connectivity index (χ1v) is 6.25. The van der Waals surface area contributed by atoms with E-state index < -0.39 is 0 Å². The van der Waals surface area contributed by atoms with E-state index in [9.17, 15) is 4.79 Å². The van der Waals surface area contributed by atoms with E-state index in [0.29, 0.717) is 25.3 Å². The summed E-state index contributed by atoms with van der Waals surface area (Å²) in [7, 11) is 3.70. The number of esters is 1. The Morgan fingerprint density at radius 1 is 1.68 bits per heavy atom. The Balaban J connectivity index is 2.80. The normalized spacial score (nSPS) is 12.2. The largest absolute Gasteiger partial charge is 0.462 e. The predicted octanol–water partition coefficient (Wildman–Crippen LogP) is 1.19. The van der Waals surface area contributed by atoms with Crippen molar-refractivity contribution in [2.24, 2.45) is 13.0 Å². The number of carbonyl (C=O) groups excluding carboxylic acids is 1. The van der Waals surface area contributed by atoms with Gasteiger partial charge in [-0.05, 0) is 20.9 Å². The summed E-state index contributed by atoms with van der Waals surface area (Å²) in [5, 5.41) is 12.9. The fourth-order valence-electron chi connectivity index (χ4n) is 1.86. The van der Waals surface area contributed by atoms with Gasteiger partial charge < -0.3 is 4.74 Å². The molecule has 0 radical (unpaired) electrons. The molecule has 0 aliphatic heterocycles. The molecule has 0 aromatic carbocycles. The van der Waals surface area contributed by atoms with Gasteiger partial charge in [0.1, 0.15) is 5.56 Å². The van der Waals surface area contributed by atoms with Gasteiger partial charge in [-0.2, -0.15) is 10.4 Å². The molecule has 0 aliphatic rings. The molecule has 0 bridgehead atoms. The maximum atomic E-state index is 11.8. The van der Waals surface area contributed by atoms with E-state index in [1.165, 1.54) is 6.20 Å². The van der Waals surface area contributed by atoms with Gasteiger partial charge >= 0.3 is 5.97 Å². The van der Waals surface area contributed by atoms with E-state index in [2.05, 4.69) is 11.2 Å². The summed E-state index contributed by atoms with van der Waals surface area (Å²) in [6, 6.07) is 2.19. The van der Waals surface area contributed by atoms with Gasteiger partial charge in [0.2, 0.25) is 0 Å². The minimum atomic E-state index is -0.354. The van der Waals surface area contributed by atoms with E-state index in [0.717, 1.165) is 5.69 Å². The highest BCUT2D eigenvalue weighted by Crippen LogP contribution is 2.12. The maximum Gasteiger partial charge on any atom is 0.341 e. The minimum absolute atomic E-state index is 0.0516. The van der Waals surface area contributed by atoms with Crippen LogP contribution in [-0.2, 0) is 18.3 Å². The molecule has 0 saturated heterocycles. The third kappa shape index (κ3) is 4.07. The molecule has 6 heteroatoms. The van der Waals surface area contributed by atoms with Gasteiger partial charge in [0.25, 0.3) is 0 Å². The number of rotatable bonds is 6. The molecule has 1 heterocycles. The number of ether oxygens (including phenoxy) is 1. The quantitative estimate of drug-likeness (QED) is 0.722. The molecule has 0 saturated carbocycles. The van der Waals surface area contributed by atoms with Crippen LogP contribution in [0.1, 0.15) is 29.9 Å². The first kappa shape index (κ1) is 15.2. The lowest BCUT2D eigenvalue weighted by Gasteiger charge is -2.18. The van der Waals surface area contributed by atoms with Gasteiger partial charge in [-0.3, -0.25) is 9.58 Å². The van der Waals surface area contributed by atoms with Crippen molar-refractivity contribution >= 4 is 5.97 Å². The van der Waals surface area contributed by atoms with Crippen molar-refractivity contribution in [1.82, 2.24) is 14.7 Å². The molecular weight excluding hydrogens is 244 g/mol. The fourth-order valence-corrected chi connectivity index (χ4v) is 1.86. The monoisotopic (exact) mass is 264 g/mol. The number of nitriles is 1. The Bertz CT molecular complexity index is 475. The third-order valence-corrected chi connectivity index (χ3v) is 2.78. The highest BCUT2D eigenvalue weighted by Gasteiger charge is 2.18. The van der Waals surface area contributed by atoms with Gasteiger partial charge in [-0.25, -0.2) is 4.79 Å². The van der Waals surface area contributed by atoms with Crippen molar-refractivity contribution in [3.05, 3.63) is 17.5 Å². The van der Waals surface area contributed by atoms with Crippen molar-refractivity contribution in [1.29, 1.82) is 5.26 Å². The Morgan fingerprint density at radius 2 is 2.37 bits per heavy atom. The van der Waals surface area contributed by atoms with Crippen LogP contribution in [0.2, 0.25) is 0 Å². The second-order valence-electron chi connectivity index (χ2n) is 4.58. The molecule has 1 aromatic rings. The van der Waals surface area contributed by atoms with E-state index >= 15 is 0 Å². The summed E-state index contributed by atoms with van der Waals surface area (Å²) in [4.78, 5) is 13.8. The van der Waals surface area contributed by atoms with E-state index in [1.54, 1.807) is 18.7 Å². The summed E-state index contributed by atoms with van der Waals surface area (Å²) in [6.45, 7) is 5.18. The van der Waals surface area contributed by atoms with Crippen molar-refractivity contribution in [3.8, 4) is 6.07 Å². The van der Waals surface area contributed by atoms with Gasteiger partial charge in [0.15, 0.2) is 0 Å². The first-order valence-electron chi connectivity index (χ1n) is 6.25. The van der Waals surface area contributed by atoms with Crippen LogP contribution in [0.5, 0.6) is 0 Å². The Kier molecular flexibility index (Phi) is 5.52. The molecule has 0 spiro atoms. The van der Waals surface area contributed by atoms with E-state index in [-0.39, 0.29) is 11.9 Å². The zero-order chi connectivity index (χ0) is 14.4. The maximum absolute atomic E-state index is 11.8. The summed E-state index contributed by atoms with van der Waals surface area (Å²) in [6.07, 6.45) is 1.52. The molecule has 1 rings (SSSR count). The highest BCUT2D eigenvalue weighted by molar-refractivity contribution is 5.90. The smallest absolute Gasteiger partial charge is 0.341 e. The van der Waals surface area contributed by atoms with Crippen molar-refractivity contribution in [2.45, 2.75) is 20.4 Å². The van der Waals surface area contributed by atoms with E-state index in [1.807, 2.05) is 18.9 Å². The zero-order valence-corrected chi connectivity index (χ0v) is 11.9. The lowest BCUT2D eigenvalue weighted by molar-refractivity contribution is 0.0524. The zero-order valence-electron chi connectivity index (χ0n) is 11.9. The van der Waals surface area contributed by atoms with Crippen LogP contribution in [-0.4, -0.2) is 40.8 Å². The molecular formula is C13H20N4O2. The number of carbonyl (C=O) groups is 1. The van der Waals surface area contributed by atoms with Gasteiger partial charge in [0.05, 0.1) is 30.5 Å². The van der Waals surface area contributed by atoms with Crippen molar-refractivity contribution < 1.29 is 9.53 Å². The Hall–Kier alpha value is -1.87. The SMILES string of the molecule is CCOC(=O)c1cnn(C)c1CN(C)CC(C)C#N. The molecule has 0 N–H and O–H groups in total. The molecule has 1 atom stereocenters. The summed E-state index contributed by atoms with van der Waals surface area (Å²) in [5.41, 5.74) is 1.28. The predicted molar refractivity (Wildman–Crippen MR) is 70.3 cm³/mol. The minimum Gasteiger partial charge on any atom is -0.462 e. The summed E-state index contributed by atoms with van der Waals surface area (Å²) in [5.74, 6) is -0.406. The number of hydrogen-bond donors (Lipinski definition) is 0. The standard InChI is InChI=1S/C13H20N4O2/c1-5-19-13(18)11-7-15-17(4)12(11)9-16(3)8-10(2)6-14/h7,10H,5,8-9H2,1-4H3. The lowest BCUT2D eigenvalue weighted by Crippen LogP contribution is -2.25. The van der Waals surface area contributed by atoms with Gasteiger partial charge in [0, 0.05) is 20.1 Å². The van der Waals surface area contributed by atoms with Crippen LogP contribution in [0.4, 0.5) is 0 Å². The molecule has 19 heavy (non-hydrogen) atoms. The van der Waals surface area contributed by atoms with E-state index in [4.69, 9.17) is 10.00 Å². The van der Waals surface area contributed by atoms with Gasteiger partial charge in [-0.1, -0.05) is 0 Å². The topological polar surface area (TPSA) is 71.2 Å². The second-order valence-corrected chi connectivity index (χ2v) is 4.58. The summed E-state index contributed by atoms with van der Waals surface area (Å²) < 4.78 is 6.67. The third-order valence-electron chi connectivity index (χ3n) is 2.78. The van der Waals surface area contributed by atoms with Crippen LogP contribution in [0, 0.1) is 17.2 Å². The van der Waals surface area contributed by atoms with Gasteiger partial charge in [-0.15, -0.1) is 0 Å². The summed E-state index contributed by atoms with van der Waals surface area (Å²) >= 11 is 0. The highest BCUT2D eigenvalue weighted by atomic mass is 16.5. The van der Waals surface area contributed by atoms with Crippen LogP contribution in [0.15, 0.2) is 6.20 Å².